The largest absolute Gasteiger partial charge is 0.465 e. The summed E-state index contributed by atoms with van der Waals surface area (Å²) in [5.74, 6) is -2.82. The Morgan fingerprint density at radius 2 is 1.51 bits per heavy atom. The van der Waals surface area contributed by atoms with Crippen LogP contribution in [0, 0.1) is 0 Å². The molecule has 41 heavy (non-hydrogen) atoms. The predicted molar refractivity (Wildman–Crippen MR) is 153 cm³/mol. The topological polar surface area (TPSA) is 131 Å². The SMILES string of the molecule is COC(=O)c1cccc(N2C(=O)C(Cl)=C(Nc3ccc(CC(=O)Nc4cccc(C(=O)OC(C)C)c4)cc3)C2=O)c1. The van der Waals surface area contributed by atoms with Crippen molar-refractivity contribution in [1.29, 1.82) is 0 Å². The molecule has 0 spiro atoms. The molecular formula is C30H26ClN3O7. The molecule has 0 aliphatic carbocycles. The van der Waals surface area contributed by atoms with Gasteiger partial charge in [-0.3, -0.25) is 14.4 Å². The van der Waals surface area contributed by atoms with Gasteiger partial charge < -0.3 is 20.1 Å². The maximum atomic E-state index is 13.1. The zero-order valence-corrected chi connectivity index (χ0v) is 23.2. The number of rotatable bonds is 9. The van der Waals surface area contributed by atoms with E-state index in [1.807, 2.05) is 0 Å². The Balaban J connectivity index is 1.40. The van der Waals surface area contributed by atoms with Crippen LogP contribution >= 0.6 is 11.6 Å². The summed E-state index contributed by atoms with van der Waals surface area (Å²) in [7, 11) is 1.23. The molecule has 0 fully saturated rings. The van der Waals surface area contributed by atoms with Gasteiger partial charge in [-0.15, -0.1) is 0 Å². The second kappa shape index (κ2) is 12.5. The summed E-state index contributed by atoms with van der Waals surface area (Å²) < 4.78 is 9.89. The zero-order chi connectivity index (χ0) is 29.7. The van der Waals surface area contributed by atoms with Crippen molar-refractivity contribution < 1.29 is 33.4 Å². The van der Waals surface area contributed by atoms with Gasteiger partial charge in [-0.1, -0.05) is 35.9 Å². The number of methoxy groups -OCH3 is 1. The van der Waals surface area contributed by atoms with Gasteiger partial charge in [-0.05, 0) is 67.9 Å². The number of ether oxygens (including phenoxy) is 2. The van der Waals surface area contributed by atoms with E-state index < -0.39 is 23.8 Å². The first kappa shape index (κ1) is 29.0. The minimum Gasteiger partial charge on any atom is -0.465 e. The smallest absolute Gasteiger partial charge is 0.338 e. The summed E-state index contributed by atoms with van der Waals surface area (Å²) in [6, 6.07) is 19.0. The summed E-state index contributed by atoms with van der Waals surface area (Å²) in [5, 5.41) is 5.33. The minimum atomic E-state index is -0.740. The Bertz CT molecular complexity index is 1560. The average Bonchev–Trinajstić information content (AvgIpc) is 3.16. The van der Waals surface area contributed by atoms with E-state index in [1.165, 1.54) is 31.4 Å². The van der Waals surface area contributed by atoms with Crippen LogP contribution in [-0.2, 0) is 30.3 Å². The van der Waals surface area contributed by atoms with Crippen LogP contribution in [-0.4, -0.2) is 42.9 Å². The van der Waals surface area contributed by atoms with E-state index in [4.69, 9.17) is 21.1 Å². The number of carbonyl (C=O) groups is 5. The van der Waals surface area contributed by atoms with Crippen molar-refractivity contribution in [1.82, 2.24) is 0 Å². The van der Waals surface area contributed by atoms with Gasteiger partial charge in [0.25, 0.3) is 11.8 Å². The van der Waals surface area contributed by atoms with Crippen LogP contribution in [0.2, 0.25) is 0 Å². The summed E-state index contributed by atoms with van der Waals surface area (Å²) in [5.41, 5.74) is 2.14. The summed E-state index contributed by atoms with van der Waals surface area (Å²) in [4.78, 5) is 63.3. The van der Waals surface area contributed by atoms with Crippen LogP contribution in [0.5, 0.6) is 0 Å². The van der Waals surface area contributed by atoms with Gasteiger partial charge in [-0.25, -0.2) is 14.5 Å². The number of amides is 3. The highest BCUT2D eigenvalue weighted by Crippen LogP contribution is 2.30. The van der Waals surface area contributed by atoms with Crippen LogP contribution in [0.4, 0.5) is 17.1 Å². The Morgan fingerprint density at radius 1 is 0.854 bits per heavy atom. The van der Waals surface area contributed by atoms with Crippen LogP contribution in [0.3, 0.4) is 0 Å². The third-order valence-electron chi connectivity index (χ3n) is 5.87. The highest BCUT2D eigenvalue weighted by Gasteiger charge is 2.39. The number of anilines is 3. The molecule has 2 N–H and O–H groups in total. The van der Waals surface area contributed by atoms with Crippen molar-refractivity contribution >= 4 is 58.3 Å². The lowest BCUT2D eigenvalue weighted by molar-refractivity contribution is -0.120. The van der Waals surface area contributed by atoms with E-state index in [9.17, 15) is 24.0 Å². The number of hydrogen-bond acceptors (Lipinski definition) is 8. The Labute approximate surface area is 240 Å². The first-order valence-corrected chi connectivity index (χ1v) is 12.9. The third-order valence-corrected chi connectivity index (χ3v) is 6.22. The van der Waals surface area contributed by atoms with Crippen molar-refractivity contribution in [2.24, 2.45) is 0 Å². The Morgan fingerprint density at radius 3 is 2.17 bits per heavy atom. The van der Waals surface area contributed by atoms with E-state index in [0.717, 1.165) is 4.90 Å². The molecule has 10 nitrogen and oxygen atoms in total. The number of halogens is 1. The molecule has 4 rings (SSSR count). The second-order valence-corrected chi connectivity index (χ2v) is 9.64. The number of benzene rings is 3. The number of nitrogens with zero attached hydrogens (tertiary/aromatic N) is 1. The Hall–Kier alpha value is -4.96. The number of nitrogens with one attached hydrogen (secondary N) is 2. The molecule has 0 saturated heterocycles. The molecule has 0 radical (unpaired) electrons. The molecular weight excluding hydrogens is 550 g/mol. The van der Waals surface area contributed by atoms with Crippen molar-refractivity contribution in [3.8, 4) is 0 Å². The molecule has 1 aliphatic rings. The first-order valence-electron chi connectivity index (χ1n) is 12.5. The van der Waals surface area contributed by atoms with Crippen molar-refractivity contribution in [2.45, 2.75) is 26.4 Å². The van der Waals surface area contributed by atoms with Gasteiger partial charge in [0.15, 0.2) is 0 Å². The van der Waals surface area contributed by atoms with Crippen molar-refractivity contribution in [3.63, 3.8) is 0 Å². The molecule has 1 heterocycles. The number of hydrogen-bond donors (Lipinski definition) is 2. The van der Waals surface area contributed by atoms with Gasteiger partial charge in [0.2, 0.25) is 5.91 Å². The van der Waals surface area contributed by atoms with Crippen LogP contribution in [0.25, 0.3) is 0 Å². The standard InChI is InChI=1S/C30H26ClN3O7/c1-17(2)41-30(39)19-6-4-8-22(15-19)32-24(35)14-18-10-12-21(13-11-18)33-26-25(31)27(36)34(28(26)37)23-9-5-7-20(16-23)29(38)40-3/h4-13,15-17,33H,14H2,1-3H3,(H,32,35). The van der Waals surface area contributed by atoms with Gasteiger partial charge in [0.05, 0.1) is 36.4 Å². The lowest BCUT2D eigenvalue weighted by atomic mass is 10.1. The zero-order valence-electron chi connectivity index (χ0n) is 22.4. The van der Waals surface area contributed by atoms with Crippen molar-refractivity contribution in [2.75, 3.05) is 22.6 Å². The van der Waals surface area contributed by atoms with E-state index >= 15 is 0 Å². The molecule has 1 aliphatic heterocycles. The summed E-state index contributed by atoms with van der Waals surface area (Å²) >= 11 is 6.21. The van der Waals surface area contributed by atoms with E-state index in [0.29, 0.717) is 22.5 Å². The molecule has 0 atom stereocenters. The second-order valence-electron chi connectivity index (χ2n) is 9.26. The van der Waals surface area contributed by atoms with Crippen LogP contribution < -0.4 is 15.5 Å². The molecule has 0 saturated carbocycles. The predicted octanol–water partition coefficient (Wildman–Crippen LogP) is 4.66. The molecule has 11 heteroatoms. The van der Waals surface area contributed by atoms with Gasteiger partial charge in [0.1, 0.15) is 10.7 Å². The lowest BCUT2D eigenvalue weighted by Crippen LogP contribution is -2.32. The molecule has 3 amide bonds. The lowest BCUT2D eigenvalue weighted by Gasteiger charge is -2.16. The number of carbonyl (C=O) groups excluding carboxylic acids is 5. The van der Waals surface area contributed by atoms with Crippen molar-refractivity contribution in [3.05, 3.63) is 100 Å². The average molecular weight is 576 g/mol. The van der Waals surface area contributed by atoms with E-state index in [-0.39, 0.29) is 40.4 Å². The molecule has 3 aromatic carbocycles. The van der Waals surface area contributed by atoms with Crippen LogP contribution in [0.15, 0.2) is 83.5 Å². The highest BCUT2D eigenvalue weighted by atomic mass is 35.5. The molecule has 3 aromatic rings. The van der Waals surface area contributed by atoms with Gasteiger partial charge >= 0.3 is 11.9 Å². The summed E-state index contributed by atoms with van der Waals surface area (Å²) in [6.45, 7) is 3.51. The molecule has 0 aromatic heterocycles. The quantitative estimate of drug-likeness (QED) is 0.278. The highest BCUT2D eigenvalue weighted by molar-refractivity contribution is 6.53. The first-order chi connectivity index (χ1) is 19.6. The Kier molecular flexibility index (Phi) is 8.84. The fourth-order valence-corrected chi connectivity index (χ4v) is 4.20. The summed E-state index contributed by atoms with van der Waals surface area (Å²) in [6.07, 6.45) is -0.214. The normalized spacial score (nSPS) is 13.0. The monoisotopic (exact) mass is 575 g/mol. The number of imide groups is 1. The fraction of sp³-hybridized carbons (Fsp3) is 0.167. The molecule has 210 valence electrons. The van der Waals surface area contributed by atoms with E-state index in [1.54, 1.807) is 62.4 Å². The molecule has 0 bridgehead atoms. The fourth-order valence-electron chi connectivity index (χ4n) is 3.98. The maximum Gasteiger partial charge on any atom is 0.338 e. The number of esters is 2. The van der Waals surface area contributed by atoms with Gasteiger partial charge in [-0.2, -0.15) is 0 Å². The van der Waals surface area contributed by atoms with Gasteiger partial charge in [0, 0.05) is 11.4 Å². The van der Waals surface area contributed by atoms with Crippen LogP contribution in [0.1, 0.15) is 40.1 Å². The maximum absolute atomic E-state index is 13.1. The van der Waals surface area contributed by atoms with E-state index in [2.05, 4.69) is 10.6 Å². The minimum absolute atomic E-state index is 0.0477. The third kappa shape index (κ3) is 6.79. The molecule has 0 unspecified atom stereocenters.